The first-order valence-electron chi connectivity index (χ1n) is 15.9. The Morgan fingerprint density at radius 1 is 0.569 bits per heavy atom. The topological polar surface area (TPSA) is 68.3 Å². The van der Waals surface area contributed by atoms with Gasteiger partial charge in [-0.1, -0.05) is 31.4 Å². The number of rotatable bonds is 2. The van der Waals surface area contributed by atoms with Gasteiger partial charge in [0.25, 0.3) is 0 Å². The van der Waals surface area contributed by atoms with Crippen molar-refractivity contribution in [3.63, 3.8) is 0 Å². The van der Waals surface area contributed by atoms with Crippen LogP contribution in [0, 0.1) is 0 Å². The summed E-state index contributed by atoms with van der Waals surface area (Å²) < 4.78 is 82.0. The maximum atomic E-state index is 13.3. The average molecular weight is 751 g/mol. The Morgan fingerprint density at radius 2 is 1.10 bits per heavy atom. The highest BCUT2D eigenvalue weighted by atomic mass is 32.1. The highest BCUT2D eigenvalue weighted by Gasteiger charge is 2.48. The molecule has 1 saturated carbocycles. The molecule has 4 aliphatic carbocycles. The van der Waals surface area contributed by atoms with E-state index in [2.05, 4.69) is 0 Å². The van der Waals surface area contributed by atoms with Crippen molar-refractivity contribution in [3.8, 4) is 9.75 Å². The van der Waals surface area contributed by atoms with E-state index in [1.807, 2.05) is 12.1 Å². The Bertz CT molecular complexity index is 2510. The van der Waals surface area contributed by atoms with E-state index < -0.39 is 46.6 Å². The van der Waals surface area contributed by atoms with Gasteiger partial charge >= 0.3 is 12.4 Å². The highest BCUT2D eigenvalue weighted by Crippen LogP contribution is 2.64. The van der Waals surface area contributed by atoms with Crippen molar-refractivity contribution >= 4 is 89.8 Å². The van der Waals surface area contributed by atoms with Gasteiger partial charge in [-0.05, 0) is 78.1 Å². The van der Waals surface area contributed by atoms with Crippen LogP contribution in [0.15, 0.2) is 48.5 Å². The van der Waals surface area contributed by atoms with Crippen LogP contribution in [-0.2, 0) is 27.4 Å². The molecule has 0 radical (unpaired) electrons. The maximum Gasteiger partial charge on any atom is 0.416 e. The Kier molecular flexibility index (Phi) is 6.86. The summed E-state index contributed by atoms with van der Waals surface area (Å²) in [4.78, 5) is 55.0. The van der Waals surface area contributed by atoms with Crippen LogP contribution in [0.3, 0.4) is 0 Å². The van der Waals surface area contributed by atoms with Crippen LogP contribution < -0.4 is 0 Å². The number of carbonyl (C=O) groups excluding carboxylic acids is 4. The average Bonchev–Trinajstić information content (AvgIpc) is 3.90. The molecule has 0 aliphatic heterocycles. The maximum absolute atomic E-state index is 13.3. The third-order valence-electron chi connectivity index (χ3n) is 10.3. The third kappa shape index (κ3) is 4.70. The fraction of sp³-hybridized carbons (Fsp3) is 0.211. The van der Waals surface area contributed by atoms with Gasteiger partial charge in [0.1, 0.15) is 0 Å². The van der Waals surface area contributed by atoms with Crippen molar-refractivity contribution < 1.29 is 45.5 Å². The molecule has 4 aliphatic rings. The molecular weight excluding hydrogens is 731 g/mol. The standard InChI is InChI=1S/C38H20F6O4S3/c39-37(40,41)16-4-6-20-22(10-16)29(45)31(47)24(20)12-18-14-26-33(49-18)35-28(36(26)8-2-1-3-9-36)34-27(51-35)15-19(50-34)13-25-21-7-5-17(38(42,43)44)11-23(21)30(46)32(25)48/h4-7,10-15H,1-3,8-9H2/b24-12-,25-13-. The van der Waals surface area contributed by atoms with Gasteiger partial charge in [0.05, 0.1) is 20.7 Å². The number of Topliss-reactive ketones (excluding diaryl/α,β-unsaturated/α-hetero) is 4. The predicted molar refractivity (Wildman–Crippen MR) is 184 cm³/mol. The molecule has 5 aromatic rings. The SMILES string of the molecule is O=C1C(=O)c2cc(C(F)(F)F)ccc2/C1=C/c1cc2c(s1)-c1sc3cc(/C=C4\C(=O)C(=O)c5cc(C(F)(F)F)ccc54)sc3c1C21CCCCC1. The lowest BCUT2D eigenvalue weighted by molar-refractivity contribution is -0.138. The lowest BCUT2D eigenvalue weighted by Crippen LogP contribution is -2.27. The number of hydrogen-bond acceptors (Lipinski definition) is 7. The molecule has 256 valence electrons. The van der Waals surface area contributed by atoms with E-state index in [9.17, 15) is 45.5 Å². The second-order valence-electron chi connectivity index (χ2n) is 13.1. The summed E-state index contributed by atoms with van der Waals surface area (Å²) in [5.41, 5.74) is -0.000938. The van der Waals surface area contributed by atoms with E-state index >= 15 is 0 Å². The summed E-state index contributed by atoms with van der Waals surface area (Å²) in [5, 5.41) is 0. The van der Waals surface area contributed by atoms with E-state index in [-0.39, 0.29) is 38.8 Å². The Morgan fingerprint density at radius 3 is 1.63 bits per heavy atom. The van der Waals surface area contributed by atoms with Gasteiger partial charge in [0, 0.05) is 52.6 Å². The monoisotopic (exact) mass is 750 g/mol. The van der Waals surface area contributed by atoms with E-state index in [1.54, 1.807) is 23.5 Å². The van der Waals surface area contributed by atoms with Crippen LogP contribution in [0.2, 0.25) is 0 Å². The third-order valence-corrected chi connectivity index (χ3v) is 13.9. The number of halogens is 6. The summed E-state index contributed by atoms with van der Waals surface area (Å²) in [7, 11) is 0. The number of ketones is 4. The quantitative estimate of drug-likeness (QED) is 0.102. The summed E-state index contributed by atoms with van der Waals surface area (Å²) in [6.07, 6.45) is -1.32. The zero-order valence-corrected chi connectivity index (χ0v) is 28.4. The molecule has 0 unspecified atom stereocenters. The molecule has 3 heterocycles. The molecule has 51 heavy (non-hydrogen) atoms. The van der Waals surface area contributed by atoms with Gasteiger partial charge in [-0.3, -0.25) is 19.2 Å². The van der Waals surface area contributed by atoms with E-state index in [0.29, 0.717) is 4.88 Å². The van der Waals surface area contributed by atoms with Crippen LogP contribution in [-0.4, -0.2) is 23.1 Å². The second kappa shape index (κ2) is 10.8. The first kappa shape index (κ1) is 32.4. The second-order valence-corrected chi connectivity index (χ2v) is 16.4. The minimum absolute atomic E-state index is 0.0644. The predicted octanol–water partition coefficient (Wildman–Crippen LogP) is 10.9. The largest absolute Gasteiger partial charge is 0.416 e. The van der Waals surface area contributed by atoms with E-state index in [0.717, 1.165) is 86.0 Å². The smallest absolute Gasteiger partial charge is 0.285 e. The fourth-order valence-corrected chi connectivity index (χ4v) is 12.1. The minimum atomic E-state index is -4.65. The van der Waals surface area contributed by atoms with Crippen LogP contribution >= 0.6 is 34.0 Å². The van der Waals surface area contributed by atoms with Crippen molar-refractivity contribution in [2.45, 2.75) is 49.9 Å². The molecule has 0 N–H and O–H groups in total. The van der Waals surface area contributed by atoms with Crippen LogP contribution in [0.1, 0.15) is 96.0 Å². The molecule has 2 aromatic carbocycles. The van der Waals surface area contributed by atoms with Crippen LogP contribution in [0.25, 0.3) is 42.5 Å². The Labute approximate surface area is 296 Å². The summed E-state index contributed by atoms with van der Waals surface area (Å²) in [6, 6.07) is 9.53. The zero-order chi connectivity index (χ0) is 35.8. The first-order chi connectivity index (χ1) is 24.2. The molecule has 9 rings (SSSR count). The normalized spacial score (nSPS) is 19.6. The number of thiophene rings is 3. The zero-order valence-electron chi connectivity index (χ0n) is 25.9. The molecular formula is C38H20F6O4S3. The van der Waals surface area contributed by atoms with Gasteiger partial charge in [0.15, 0.2) is 0 Å². The molecule has 1 spiro atoms. The van der Waals surface area contributed by atoms with Gasteiger partial charge in [0.2, 0.25) is 23.1 Å². The molecule has 4 nitrogen and oxygen atoms in total. The Hall–Kier alpha value is -4.46. The minimum Gasteiger partial charge on any atom is -0.285 e. The van der Waals surface area contributed by atoms with Gasteiger partial charge in [-0.25, -0.2) is 0 Å². The number of hydrogen-bond donors (Lipinski definition) is 0. The Balaban J connectivity index is 1.12. The molecule has 13 heteroatoms. The molecule has 3 aromatic heterocycles. The van der Waals surface area contributed by atoms with Crippen LogP contribution in [0.5, 0.6) is 0 Å². The molecule has 0 amide bonds. The molecule has 0 atom stereocenters. The van der Waals surface area contributed by atoms with E-state index in [1.165, 1.54) is 40.4 Å². The van der Waals surface area contributed by atoms with Crippen molar-refractivity contribution in [2.75, 3.05) is 0 Å². The summed E-state index contributed by atoms with van der Waals surface area (Å²) in [6.45, 7) is 0. The van der Waals surface area contributed by atoms with Crippen LogP contribution in [0.4, 0.5) is 26.3 Å². The summed E-state index contributed by atoms with van der Waals surface area (Å²) >= 11 is 4.52. The van der Waals surface area contributed by atoms with Crippen molar-refractivity contribution in [1.82, 2.24) is 0 Å². The van der Waals surface area contributed by atoms with Crippen molar-refractivity contribution in [1.29, 1.82) is 0 Å². The lowest BCUT2D eigenvalue weighted by atomic mass is 9.68. The number of benzene rings is 2. The summed E-state index contributed by atoms with van der Waals surface area (Å²) in [5.74, 6) is -3.60. The van der Waals surface area contributed by atoms with Gasteiger partial charge < -0.3 is 0 Å². The van der Waals surface area contributed by atoms with E-state index in [4.69, 9.17) is 0 Å². The van der Waals surface area contributed by atoms with Gasteiger partial charge in [-0.15, -0.1) is 34.0 Å². The number of carbonyl (C=O) groups is 4. The molecule has 1 fully saturated rings. The lowest BCUT2D eigenvalue weighted by Gasteiger charge is -2.35. The number of allylic oxidation sites excluding steroid dienone is 2. The van der Waals surface area contributed by atoms with Crippen molar-refractivity contribution in [2.24, 2.45) is 0 Å². The molecule has 0 saturated heterocycles. The van der Waals surface area contributed by atoms with Gasteiger partial charge in [-0.2, -0.15) is 26.3 Å². The first-order valence-corrected chi connectivity index (χ1v) is 18.4. The molecule has 0 bridgehead atoms. The number of fused-ring (bicyclic) bond motifs is 9. The van der Waals surface area contributed by atoms with Crippen molar-refractivity contribution in [3.05, 3.63) is 103 Å². The fourth-order valence-electron chi connectivity index (χ4n) is 7.98. The number of alkyl halides is 6. The highest BCUT2D eigenvalue weighted by molar-refractivity contribution is 7.32.